The molecule has 0 unspecified atom stereocenters. The number of rotatable bonds is 5. The molecule has 2 heterocycles. The minimum Gasteiger partial charge on any atom is -0.356 e. The molecule has 3 aromatic rings. The number of halogens is 1. The fourth-order valence-corrected chi connectivity index (χ4v) is 3.69. The molecule has 1 aromatic heterocycles. The van der Waals surface area contributed by atoms with Crippen LogP contribution in [-0.4, -0.2) is 33.5 Å². The first-order valence-corrected chi connectivity index (χ1v) is 9.95. The SMILES string of the molecule is CCNC(=NCc1cccc(Cn2ccnc2)c1)N1CCc2ccccc2C1.I. The van der Waals surface area contributed by atoms with Crippen LogP contribution in [0.25, 0.3) is 0 Å². The lowest BCUT2D eigenvalue weighted by molar-refractivity contribution is 0.378. The zero-order chi connectivity index (χ0) is 19.2. The fraction of sp³-hybridized carbons (Fsp3) is 0.304. The monoisotopic (exact) mass is 501 g/mol. The number of nitrogens with zero attached hydrogens (tertiary/aromatic N) is 4. The Morgan fingerprint density at radius 3 is 2.72 bits per heavy atom. The average molecular weight is 501 g/mol. The van der Waals surface area contributed by atoms with Crippen LogP contribution in [-0.2, 0) is 26.1 Å². The summed E-state index contributed by atoms with van der Waals surface area (Å²) in [6.45, 7) is 6.43. The highest BCUT2D eigenvalue weighted by Crippen LogP contribution is 2.18. The molecular weight excluding hydrogens is 473 g/mol. The van der Waals surface area contributed by atoms with E-state index in [1.165, 1.54) is 22.3 Å². The normalized spacial score (nSPS) is 13.6. The van der Waals surface area contributed by atoms with Gasteiger partial charge in [0.05, 0.1) is 12.9 Å². The van der Waals surface area contributed by atoms with E-state index in [1.54, 1.807) is 0 Å². The molecule has 0 radical (unpaired) electrons. The minimum absolute atomic E-state index is 0. The summed E-state index contributed by atoms with van der Waals surface area (Å²) in [5.41, 5.74) is 5.36. The van der Waals surface area contributed by atoms with E-state index in [9.17, 15) is 0 Å². The third-order valence-electron chi connectivity index (χ3n) is 5.09. The number of hydrogen-bond donors (Lipinski definition) is 1. The summed E-state index contributed by atoms with van der Waals surface area (Å²) < 4.78 is 2.08. The maximum Gasteiger partial charge on any atom is 0.194 e. The molecule has 0 atom stereocenters. The van der Waals surface area contributed by atoms with Crippen molar-refractivity contribution in [3.63, 3.8) is 0 Å². The molecule has 4 rings (SSSR count). The van der Waals surface area contributed by atoms with Crippen LogP contribution in [0, 0.1) is 0 Å². The minimum atomic E-state index is 0. The molecular formula is C23H28IN5. The topological polar surface area (TPSA) is 45.5 Å². The predicted octanol–water partition coefficient (Wildman–Crippen LogP) is 4.07. The maximum absolute atomic E-state index is 4.93. The van der Waals surface area contributed by atoms with Crippen molar-refractivity contribution < 1.29 is 0 Å². The van der Waals surface area contributed by atoms with Gasteiger partial charge in [0, 0.05) is 38.6 Å². The van der Waals surface area contributed by atoms with E-state index in [1.807, 2.05) is 18.7 Å². The van der Waals surface area contributed by atoms with Gasteiger partial charge in [0.25, 0.3) is 0 Å². The summed E-state index contributed by atoms with van der Waals surface area (Å²) in [5, 5.41) is 3.47. The molecule has 0 spiro atoms. The summed E-state index contributed by atoms with van der Waals surface area (Å²) >= 11 is 0. The second-order valence-electron chi connectivity index (χ2n) is 7.17. The molecule has 0 amide bonds. The average Bonchev–Trinajstić information content (AvgIpc) is 3.24. The van der Waals surface area contributed by atoms with E-state index in [4.69, 9.17) is 4.99 Å². The highest BCUT2D eigenvalue weighted by atomic mass is 127. The van der Waals surface area contributed by atoms with E-state index < -0.39 is 0 Å². The van der Waals surface area contributed by atoms with Crippen LogP contribution in [0.3, 0.4) is 0 Å². The molecule has 2 aromatic carbocycles. The van der Waals surface area contributed by atoms with Gasteiger partial charge in [0.1, 0.15) is 0 Å². The van der Waals surface area contributed by atoms with Crippen LogP contribution in [0.15, 0.2) is 72.2 Å². The van der Waals surface area contributed by atoms with Crippen LogP contribution in [0.4, 0.5) is 0 Å². The van der Waals surface area contributed by atoms with Gasteiger partial charge in [0.2, 0.25) is 0 Å². The van der Waals surface area contributed by atoms with Crippen molar-refractivity contribution in [1.82, 2.24) is 19.8 Å². The Hall–Kier alpha value is -2.35. The first kappa shape index (κ1) is 21.4. The van der Waals surface area contributed by atoms with Crippen LogP contribution in [0.2, 0.25) is 0 Å². The van der Waals surface area contributed by atoms with Crippen molar-refractivity contribution in [3.8, 4) is 0 Å². The molecule has 6 heteroatoms. The summed E-state index contributed by atoms with van der Waals surface area (Å²) in [4.78, 5) is 11.4. The smallest absolute Gasteiger partial charge is 0.194 e. The van der Waals surface area contributed by atoms with Gasteiger partial charge in [-0.3, -0.25) is 0 Å². The Morgan fingerprint density at radius 2 is 1.93 bits per heavy atom. The summed E-state index contributed by atoms with van der Waals surface area (Å²) in [6, 6.07) is 17.4. The van der Waals surface area contributed by atoms with Crippen molar-refractivity contribution in [2.24, 2.45) is 4.99 Å². The van der Waals surface area contributed by atoms with Crippen LogP contribution in [0.5, 0.6) is 0 Å². The number of hydrogen-bond acceptors (Lipinski definition) is 2. The summed E-state index contributed by atoms with van der Waals surface area (Å²) in [6.07, 6.45) is 6.72. The van der Waals surface area contributed by atoms with E-state index >= 15 is 0 Å². The van der Waals surface area contributed by atoms with Crippen LogP contribution in [0.1, 0.15) is 29.2 Å². The Balaban J connectivity index is 0.00000240. The lowest BCUT2D eigenvalue weighted by Crippen LogP contribution is -2.44. The molecule has 152 valence electrons. The van der Waals surface area contributed by atoms with Crippen molar-refractivity contribution in [2.45, 2.75) is 33.0 Å². The summed E-state index contributed by atoms with van der Waals surface area (Å²) in [7, 11) is 0. The van der Waals surface area contributed by atoms with Gasteiger partial charge in [-0.1, -0.05) is 48.5 Å². The lowest BCUT2D eigenvalue weighted by Gasteiger charge is -2.31. The third kappa shape index (κ3) is 5.59. The molecule has 1 aliphatic heterocycles. The van der Waals surface area contributed by atoms with E-state index in [0.717, 1.165) is 38.6 Å². The summed E-state index contributed by atoms with van der Waals surface area (Å²) in [5.74, 6) is 0.997. The van der Waals surface area contributed by atoms with Gasteiger partial charge < -0.3 is 14.8 Å². The predicted molar refractivity (Wildman–Crippen MR) is 129 cm³/mol. The quantitative estimate of drug-likeness (QED) is 0.326. The first-order chi connectivity index (χ1) is 13.8. The first-order valence-electron chi connectivity index (χ1n) is 9.95. The van der Waals surface area contributed by atoms with Gasteiger partial charge in [0.15, 0.2) is 5.96 Å². The number of nitrogens with one attached hydrogen (secondary N) is 1. The van der Waals surface area contributed by atoms with Crippen LogP contribution < -0.4 is 5.32 Å². The lowest BCUT2D eigenvalue weighted by atomic mass is 10.0. The van der Waals surface area contributed by atoms with Gasteiger partial charge in [-0.2, -0.15) is 0 Å². The fourth-order valence-electron chi connectivity index (χ4n) is 3.69. The Morgan fingerprint density at radius 1 is 1.10 bits per heavy atom. The Bertz CT molecular complexity index is 936. The molecule has 1 N–H and O–H groups in total. The number of imidazole rings is 1. The van der Waals surface area contributed by atoms with E-state index in [-0.39, 0.29) is 24.0 Å². The van der Waals surface area contributed by atoms with Crippen molar-refractivity contribution in [3.05, 3.63) is 89.5 Å². The van der Waals surface area contributed by atoms with Crippen molar-refractivity contribution in [1.29, 1.82) is 0 Å². The van der Waals surface area contributed by atoms with E-state index in [2.05, 4.69) is 75.2 Å². The number of benzene rings is 2. The van der Waals surface area contributed by atoms with Crippen LogP contribution >= 0.6 is 24.0 Å². The number of aliphatic imine (C=N–C) groups is 1. The third-order valence-corrected chi connectivity index (χ3v) is 5.09. The molecule has 0 saturated heterocycles. The highest BCUT2D eigenvalue weighted by molar-refractivity contribution is 14.0. The zero-order valence-corrected chi connectivity index (χ0v) is 19.1. The second-order valence-corrected chi connectivity index (χ2v) is 7.17. The molecule has 1 aliphatic rings. The standard InChI is InChI=1S/C23H27N5.HI/c1-2-25-23(28-12-10-21-8-3-4-9-22(21)17-28)26-15-19-6-5-7-20(14-19)16-27-13-11-24-18-27;/h3-9,11,13-14,18H,2,10,12,15-17H2,1H3,(H,25,26);1H. The molecule has 0 bridgehead atoms. The number of guanidine groups is 1. The number of fused-ring (bicyclic) bond motifs is 1. The second kappa shape index (κ2) is 10.4. The Labute approximate surface area is 189 Å². The number of aromatic nitrogens is 2. The van der Waals surface area contributed by atoms with E-state index in [0.29, 0.717) is 6.54 Å². The van der Waals surface area contributed by atoms with Gasteiger partial charge in [-0.25, -0.2) is 9.98 Å². The Kier molecular flexibility index (Phi) is 7.69. The molecule has 0 saturated carbocycles. The van der Waals surface area contributed by atoms with Crippen molar-refractivity contribution >= 4 is 29.9 Å². The maximum atomic E-state index is 4.93. The van der Waals surface area contributed by atoms with Gasteiger partial charge in [-0.05, 0) is 35.6 Å². The largest absolute Gasteiger partial charge is 0.356 e. The molecule has 5 nitrogen and oxygen atoms in total. The zero-order valence-electron chi connectivity index (χ0n) is 16.8. The molecule has 29 heavy (non-hydrogen) atoms. The van der Waals surface area contributed by atoms with Crippen molar-refractivity contribution in [2.75, 3.05) is 13.1 Å². The molecule has 0 aliphatic carbocycles. The van der Waals surface area contributed by atoms with Gasteiger partial charge in [-0.15, -0.1) is 24.0 Å². The highest BCUT2D eigenvalue weighted by Gasteiger charge is 2.18. The molecule has 0 fully saturated rings. The van der Waals surface area contributed by atoms with Gasteiger partial charge >= 0.3 is 0 Å².